The summed E-state index contributed by atoms with van der Waals surface area (Å²) in [4.78, 5) is 2.57. The van der Waals surface area contributed by atoms with E-state index in [4.69, 9.17) is 4.74 Å². The summed E-state index contributed by atoms with van der Waals surface area (Å²) in [6.07, 6.45) is 3.67. The summed E-state index contributed by atoms with van der Waals surface area (Å²) < 4.78 is 33.3. The van der Waals surface area contributed by atoms with Crippen molar-refractivity contribution in [2.24, 2.45) is 0 Å². The Morgan fingerprint density at radius 2 is 1.79 bits per heavy atom. The summed E-state index contributed by atoms with van der Waals surface area (Å²) in [7, 11) is -3.66. The number of rotatable bonds is 7. The van der Waals surface area contributed by atoms with Crippen molar-refractivity contribution in [3.63, 3.8) is 0 Å². The summed E-state index contributed by atoms with van der Waals surface area (Å²) in [5.41, 5.74) is 1.81. The monoisotopic (exact) mass is 413 g/mol. The molecule has 0 radical (unpaired) electrons. The summed E-state index contributed by atoms with van der Waals surface area (Å²) in [5, 5.41) is 4.27. The molecule has 0 bridgehead atoms. The predicted molar refractivity (Wildman–Crippen MR) is 116 cm³/mol. The molecular weight excluding hydrogens is 386 g/mol. The highest BCUT2D eigenvalue weighted by atomic mass is 32.2. The highest BCUT2D eigenvalue weighted by Crippen LogP contribution is 2.27. The molecule has 2 heterocycles. The van der Waals surface area contributed by atoms with E-state index in [2.05, 4.69) is 23.2 Å². The second-order valence-electron chi connectivity index (χ2n) is 7.27. The van der Waals surface area contributed by atoms with Crippen LogP contribution in [0.1, 0.15) is 19.8 Å². The minimum absolute atomic E-state index is 0.254. The zero-order valence-electron chi connectivity index (χ0n) is 16.7. The zero-order chi connectivity index (χ0) is 20.3. The van der Waals surface area contributed by atoms with Gasteiger partial charge in [0.15, 0.2) is 0 Å². The largest absolute Gasteiger partial charge is 0.494 e. The zero-order valence-corrected chi connectivity index (χ0v) is 17.5. The van der Waals surface area contributed by atoms with Gasteiger partial charge in [-0.15, -0.1) is 0 Å². The Labute approximate surface area is 172 Å². The van der Waals surface area contributed by atoms with Crippen LogP contribution in [0.2, 0.25) is 0 Å². The molecule has 1 fully saturated rings. The quantitative estimate of drug-likeness (QED) is 0.601. The van der Waals surface area contributed by atoms with E-state index >= 15 is 0 Å². The molecule has 1 aliphatic rings. The van der Waals surface area contributed by atoms with E-state index in [-0.39, 0.29) is 4.90 Å². The number of benzene rings is 2. The van der Waals surface area contributed by atoms with Gasteiger partial charge in [0, 0.05) is 43.4 Å². The van der Waals surface area contributed by atoms with Crippen molar-refractivity contribution in [2.45, 2.75) is 24.7 Å². The van der Waals surface area contributed by atoms with Gasteiger partial charge >= 0.3 is 0 Å². The third kappa shape index (κ3) is 4.11. The van der Waals surface area contributed by atoms with Gasteiger partial charge in [0.2, 0.25) is 0 Å². The van der Waals surface area contributed by atoms with Crippen molar-refractivity contribution in [1.82, 2.24) is 9.29 Å². The summed E-state index contributed by atoms with van der Waals surface area (Å²) in [6, 6.07) is 14.5. The van der Waals surface area contributed by atoms with E-state index in [1.807, 2.05) is 18.2 Å². The van der Waals surface area contributed by atoms with Crippen LogP contribution in [0, 0.1) is 0 Å². The van der Waals surface area contributed by atoms with Crippen LogP contribution >= 0.6 is 0 Å². The first-order valence-corrected chi connectivity index (χ1v) is 11.6. The summed E-state index contributed by atoms with van der Waals surface area (Å²) in [6.45, 7) is 6.58. The Kier molecular flexibility index (Phi) is 5.78. The molecule has 0 amide bonds. The number of ether oxygens (including phenoxy) is 1. The molecule has 1 N–H and O–H groups in total. The smallest absolute Gasteiger partial charge is 0.268 e. The van der Waals surface area contributed by atoms with Crippen LogP contribution in [0.15, 0.2) is 59.6 Å². The Morgan fingerprint density at radius 3 is 2.52 bits per heavy atom. The van der Waals surface area contributed by atoms with Crippen LogP contribution in [0.5, 0.6) is 5.75 Å². The molecular formula is C22H27N3O3S. The van der Waals surface area contributed by atoms with Crippen LogP contribution in [-0.2, 0) is 10.0 Å². The maximum absolute atomic E-state index is 13.2. The van der Waals surface area contributed by atoms with Crippen LogP contribution in [0.25, 0.3) is 10.9 Å². The van der Waals surface area contributed by atoms with Gasteiger partial charge in [-0.3, -0.25) is 0 Å². The van der Waals surface area contributed by atoms with Crippen LogP contribution < -0.4 is 15.0 Å². The first-order valence-electron chi connectivity index (χ1n) is 10.1. The van der Waals surface area contributed by atoms with Crippen LogP contribution in [-0.4, -0.2) is 45.2 Å². The standard InChI is InChI=1S/C22H27N3O3S/c1-2-3-16-28-20-5-7-21(8-6-20)29(26,27)25-13-10-18-17-19(4-9-22(18)25)24-14-11-23-12-15-24/h4-10,13,17,23H,2-3,11-12,14-16H2,1H3. The van der Waals surface area contributed by atoms with Crippen LogP contribution in [0.4, 0.5) is 5.69 Å². The second kappa shape index (κ2) is 8.47. The fourth-order valence-corrected chi connectivity index (χ4v) is 4.94. The maximum atomic E-state index is 13.2. The lowest BCUT2D eigenvalue weighted by molar-refractivity contribution is 0.309. The number of nitrogens with zero attached hydrogens (tertiary/aromatic N) is 2. The Morgan fingerprint density at radius 1 is 1.03 bits per heavy atom. The Bertz CT molecular complexity index is 1070. The molecule has 0 atom stereocenters. The maximum Gasteiger partial charge on any atom is 0.268 e. The molecule has 29 heavy (non-hydrogen) atoms. The highest BCUT2D eigenvalue weighted by molar-refractivity contribution is 7.90. The van der Waals surface area contributed by atoms with E-state index in [0.29, 0.717) is 17.9 Å². The molecule has 0 unspecified atom stereocenters. The lowest BCUT2D eigenvalue weighted by Gasteiger charge is -2.29. The van der Waals surface area contributed by atoms with E-state index in [9.17, 15) is 8.42 Å². The van der Waals surface area contributed by atoms with E-state index in [1.165, 1.54) is 3.97 Å². The number of fused-ring (bicyclic) bond motifs is 1. The van der Waals surface area contributed by atoms with Crippen molar-refractivity contribution < 1.29 is 13.2 Å². The molecule has 1 aliphatic heterocycles. The Hall–Kier alpha value is -2.51. The average Bonchev–Trinajstić information content (AvgIpc) is 3.19. The molecule has 7 heteroatoms. The first kappa shape index (κ1) is 19.8. The minimum atomic E-state index is -3.66. The van der Waals surface area contributed by atoms with Gasteiger partial charge in [-0.1, -0.05) is 13.3 Å². The fourth-order valence-electron chi connectivity index (χ4n) is 3.59. The molecule has 2 aromatic carbocycles. The van der Waals surface area contributed by atoms with Gasteiger partial charge in [-0.25, -0.2) is 12.4 Å². The molecule has 0 saturated carbocycles. The highest BCUT2D eigenvalue weighted by Gasteiger charge is 2.20. The molecule has 154 valence electrons. The lowest BCUT2D eigenvalue weighted by atomic mass is 10.2. The predicted octanol–water partition coefficient (Wildman–Crippen LogP) is 3.47. The number of hydrogen-bond acceptors (Lipinski definition) is 5. The van der Waals surface area contributed by atoms with Gasteiger partial charge in [-0.05, 0) is 55.0 Å². The second-order valence-corrected chi connectivity index (χ2v) is 9.09. The molecule has 0 spiro atoms. The number of hydrogen-bond donors (Lipinski definition) is 1. The molecule has 4 rings (SSSR count). The SMILES string of the molecule is CCCCOc1ccc(S(=O)(=O)n2ccc3cc(N4CCNCC4)ccc32)cc1. The average molecular weight is 414 g/mol. The Balaban J connectivity index is 1.59. The minimum Gasteiger partial charge on any atom is -0.494 e. The van der Waals surface area contributed by atoms with Gasteiger partial charge in [-0.2, -0.15) is 0 Å². The van der Waals surface area contributed by atoms with Crippen molar-refractivity contribution in [2.75, 3.05) is 37.7 Å². The summed E-state index contributed by atoms with van der Waals surface area (Å²) in [5.74, 6) is 0.690. The van der Waals surface area contributed by atoms with Crippen molar-refractivity contribution in [3.05, 3.63) is 54.7 Å². The summed E-state index contributed by atoms with van der Waals surface area (Å²) >= 11 is 0. The third-order valence-electron chi connectivity index (χ3n) is 5.27. The van der Waals surface area contributed by atoms with Crippen molar-refractivity contribution >= 4 is 26.6 Å². The molecule has 1 aromatic heterocycles. The fraction of sp³-hybridized carbons (Fsp3) is 0.364. The number of piperazine rings is 1. The molecule has 3 aromatic rings. The number of unbranched alkanes of at least 4 members (excludes halogenated alkanes) is 1. The van der Waals surface area contributed by atoms with Crippen molar-refractivity contribution in [1.29, 1.82) is 0 Å². The van der Waals surface area contributed by atoms with E-state index in [0.717, 1.165) is 50.1 Å². The van der Waals surface area contributed by atoms with Gasteiger partial charge < -0.3 is 15.0 Å². The van der Waals surface area contributed by atoms with E-state index in [1.54, 1.807) is 30.5 Å². The van der Waals surface area contributed by atoms with Crippen LogP contribution in [0.3, 0.4) is 0 Å². The van der Waals surface area contributed by atoms with Crippen molar-refractivity contribution in [3.8, 4) is 5.75 Å². The normalized spacial score (nSPS) is 15.0. The van der Waals surface area contributed by atoms with E-state index < -0.39 is 10.0 Å². The molecule has 1 saturated heterocycles. The number of aromatic nitrogens is 1. The van der Waals surface area contributed by atoms with Gasteiger partial charge in [0.25, 0.3) is 10.0 Å². The van der Waals surface area contributed by atoms with Gasteiger partial charge in [0.05, 0.1) is 17.0 Å². The first-order chi connectivity index (χ1) is 14.1. The number of anilines is 1. The molecule has 6 nitrogen and oxygen atoms in total. The topological polar surface area (TPSA) is 63.6 Å². The van der Waals surface area contributed by atoms with Gasteiger partial charge in [0.1, 0.15) is 5.75 Å². The lowest BCUT2D eigenvalue weighted by Crippen LogP contribution is -2.43. The number of nitrogens with one attached hydrogen (secondary N) is 1. The third-order valence-corrected chi connectivity index (χ3v) is 6.97. The molecule has 0 aliphatic carbocycles.